The molecule has 188 valence electrons. The molecule has 5 heteroatoms. The highest BCUT2D eigenvalue weighted by atomic mass is 31.1. The molecule has 0 aromatic heterocycles. The second-order valence-electron chi connectivity index (χ2n) is 8.99. The number of imide groups is 1. The molecule has 0 saturated carbocycles. The van der Waals surface area contributed by atoms with Crippen molar-refractivity contribution in [2.45, 2.75) is 0 Å². The Morgan fingerprint density at radius 2 is 0.615 bits per heavy atom. The zero-order valence-corrected chi connectivity index (χ0v) is 22.9. The molecule has 6 rings (SSSR count). The minimum atomic E-state index is -1.30. The average molecular weight is 542 g/mol. The van der Waals surface area contributed by atoms with Crippen molar-refractivity contribution in [2.75, 3.05) is 4.90 Å². The van der Waals surface area contributed by atoms with Crippen LogP contribution in [-0.2, 0) is 9.59 Å². The van der Waals surface area contributed by atoms with Crippen LogP contribution in [0.2, 0.25) is 0 Å². The summed E-state index contributed by atoms with van der Waals surface area (Å²) >= 11 is 0. The lowest BCUT2D eigenvalue weighted by Crippen LogP contribution is -2.32. The van der Waals surface area contributed by atoms with Gasteiger partial charge in [0, 0.05) is 0 Å². The standard InChI is InChI=1S/C34H25NO2P2/c36-33-31(38(27-18-8-2-9-19-27)28-20-10-3-11-21-28)32(34(37)35(33)26-16-6-1-7-17-26)39(29-22-12-4-13-23-29)30-24-14-5-15-25-30/h1-25H. The van der Waals surface area contributed by atoms with Crippen molar-refractivity contribution in [1.82, 2.24) is 0 Å². The second-order valence-corrected chi connectivity index (χ2v) is 13.3. The average Bonchev–Trinajstić information content (AvgIpc) is 3.25. The van der Waals surface area contributed by atoms with Crippen LogP contribution in [0.1, 0.15) is 0 Å². The van der Waals surface area contributed by atoms with Gasteiger partial charge in [-0.1, -0.05) is 140 Å². The lowest BCUT2D eigenvalue weighted by atomic mass is 10.3. The fourth-order valence-electron chi connectivity index (χ4n) is 4.84. The number of anilines is 1. The number of benzene rings is 5. The fraction of sp³-hybridized carbons (Fsp3) is 0. The van der Waals surface area contributed by atoms with Gasteiger partial charge in [-0.15, -0.1) is 0 Å². The molecule has 0 unspecified atom stereocenters. The van der Waals surface area contributed by atoms with E-state index in [1.165, 1.54) is 4.90 Å². The molecule has 0 aliphatic carbocycles. The Balaban J connectivity index is 1.67. The maximum absolute atomic E-state index is 14.6. The normalized spacial score (nSPS) is 13.5. The highest BCUT2D eigenvalue weighted by molar-refractivity contribution is 7.82. The van der Waals surface area contributed by atoms with Gasteiger partial charge >= 0.3 is 0 Å². The largest absolute Gasteiger partial charge is 0.268 e. The molecule has 0 bridgehead atoms. The van der Waals surface area contributed by atoms with E-state index in [0.717, 1.165) is 21.2 Å². The molecule has 0 radical (unpaired) electrons. The van der Waals surface area contributed by atoms with Crippen molar-refractivity contribution in [3.63, 3.8) is 0 Å². The van der Waals surface area contributed by atoms with Crippen LogP contribution in [0.5, 0.6) is 0 Å². The van der Waals surface area contributed by atoms with Crippen molar-refractivity contribution in [3.8, 4) is 0 Å². The lowest BCUT2D eigenvalue weighted by Gasteiger charge is -2.24. The summed E-state index contributed by atoms with van der Waals surface area (Å²) in [5, 5.41) is 5.37. The van der Waals surface area contributed by atoms with Crippen LogP contribution in [0.15, 0.2) is 162 Å². The van der Waals surface area contributed by atoms with Gasteiger partial charge in [0.25, 0.3) is 11.8 Å². The second kappa shape index (κ2) is 11.3. The summed E-state index contributed by atoms with van der Waals surface area (Å²) in [6.45, 7) is 0. The summed E-state index contributed by atoms with van der Waals surface area (Å²) in [6.07, 6.45) is 0. The molecule has 0 N–H and O–H groups in total. The maximum atomic E-state index is 14.6. The smallest absolute Gasteiger partial charge is 0.267 e. The number of carbonyl (C=O) groups excluding carboxylic acids is 2. The Labute approximate surface area is 231 Å². The molecule has 5 aromatic rings. The van der Waals surface area contributed by atoms with Gasteiger partial charge in [0.05, 0.1) is 16.3 Å². The van der Waals surface area contributed by atoms with Gasteiger partial charge in [-0.25, -0.2) is 4.90 Å². The van der Waals surface area contributed by atoms with Crippen molar-refractivity contribution < 1.29 is 9.59 Å². The van der Waals surface area contributed by atoms with E-state index in [9.17, 15) is 9.59 Å². The highest BCUT2D eigenvalue weighted by Crippen LogP contribution is 2.57. The molecule has 1 heterocycles. The Bertz CT molecular complexity index is 1440. The topological polar surface area (TPSA) is 37.4 Å². The zero-order chi connectivity index (χ0) is 26.6. The number of hydrogen-bond acceptors (Lipinski definition) is 2. The molecule has 3 nitrogen and oxygen atoms in total. The summed E-state index contributed by atoms with van der Waals surface area (Å²) in [7, 11) is -2.61. The van der Waals surface area contributed by atoms with Gasteiger partial charge in [-0.2, -0.15) is 0 Å². The number of hydrogen-bond donors (Lipinski definition) is 0. The first kappa shape index (κ1) is 25.1. The van der Waals surface area contributed by atoms with E-state index >= 15 is 0 Å². The van der Waals surface area contributed by atoms with Gasteiger partial charge < -0.3 is 0 Å². The van der Waals surface area contributed by atoms with E-state index < -0.39 is 15.8 Å². The lowest BCUT2D eigenvalue weighted by molar-refractivity contribution is -0.120. The molecule has 1 aliphatic rings. The minimum Gasteiger partial charge on any atom is -0.268 e. The summed E-state index contributed by atoms with van der Waals surface area (Å²) in [5.41, 5.74) is 0.590. The van der Waals surface area contributed by atoms with Crippen LogP contribution in [-0.4, -0.2) is 11.8 Å². The Hall–Kier alpha value is -4.16. The van der Waals surface area contributed by atoms with Gasteiger partial charge in [0.15, 0.2) is 0 Å². The third kappa shape index (κ3) is 4.88. The van der Waals surface area contributed by atoms with Crippen molar-refractivity contribution in [3.05, 3.63) is 162 Å². The third-order valence-corrected chi connectivity index (χ3v) is 11.7. The van der Waals surface area contributed by atoms with Crippen molar-refractivity contribution in [2.24, 2.45) is 0 Å². The molecule has 39 heavy (non-hydrogen) atoms. The van der Waals surface area contributed by atoms with Crippen molar-refractivity contribution in [1.29, 1.82) is 0 Å². The Morgan fingerprint density at radius 3 is 0.897 bits per heavy atom. The number of para-hydroxylation sites is 1. The first-order chi connectivity index (χ1) is 19.2. The van der Waals surface area contributed by atoms with E-state index in [1.54, 1.807) is 0 Å². The molecule has 1 aliphatic heterocycles. The molecule has 0 fully saturated rings. The fourth-order valence-corrected chi connectivity index (χ4v) is 10.2. The first-order valence-electron chi connectivity index (χ1n) is 12.7. The van der Waals surface area contributed by atoms with E-state index in [1.807, 2.05) is 103 Å². The van der Waals surface area contributed by atoms with Crippen LogP contribution in [0.4, 0.5) is 5.69 Å². The van der Waals surface area contributed by atoms with Gasteiger partial charge in [0.2, 0.25) is 0 Å². The van der Waals surface area contributed by atoms with Crippen LogP contribution in [0.25, 0.3) is 0 Å². The summed E-state index contributed by atoms with van der Waals surface area (Å²) in [4.78, 5) is 30.5. The van der Waals surface area contributed by atoms with E-state index in [0.29, 0.717) is 16.3 Å². The Kier molecular flexibility index (Phi) is 7.28. The summed E-state index contributed by atoms with van der Waals surface area (Å²) < 4.78 is 0. The van der Waals surface area contributed by atoms with E-state index in [-0.39, 0.29) is 11.8 Å². The molecule has 5 aromatic carbocycles. The molecule has 2 amide bonds. The first-order valence-corrected chi connectivity index (χ1v) is 15.4. The highest BCUT2D eigenvalue weighted by Gasteiger charge is 2.46. The summed E-state index contributed by atoms with van der Waals surface area (Å²) in [5.74, 6) is -0.473. The summed E-state index contributed by atoms with van der Waals surface area (Å²) in [6, 6.07) is 49.8. The molecular weight excluding hydrogens is 516 g/mol. The Morgan fingerprint density at radius 1 is 0.359 bits per heavy atom. The van der Waals surface area contributed by atoms with Gasteiger partial charge in [-0.05, 0) is 49.2 Å². The number of rotatable bonds is 7. The van der Waals surface area contributed by atoms with Crippen LogP contribution in [0.3, 0.4) is 0 Å². The SMILES string of the molecule is O=C1C(P(c2ccccc2)c2ccccc2)=C(P(c2ccccc2)c2ccccc2)C(=O)N1c1ccccc1. The zero-order valence-electron chi connectivity index (χ0n) is 21.1. The van der Waals surface area contributed by atoms with Crippen LogP contribution < -0.4 is 26.1 Å². The van der Waals surface area contributed by atoms with Gasteiger partial charge in [-0.3, -0.25) is 9.59 Å². The molecule has 0 saturated heterocycles. The third-order valence-electron chi connectivity index (χ3n) is 6.55. The molecule has 0 spiro atoms. The molecule has 0 atom stereocenters. The van der Waals surface area contributed by atoms with Crippen LogP contribution >= 0.6 is 15.8 Å². The number of carbonyl (C=O) groups is 2. The quantitative estimate of drug-likeness (QED) is 0.186. The van der Waals surface area contributed by atoms with E-state index in [4.69, 9.17) is 0 Å². The van der Waals surface area contributed by atoms with Gasteiger partial charge in [0.1, 0.15) is 0 Å². The predicted octanol–water partition coefficient (Wildman–Crippen LogP) is 6.04. The maximum Gasteiger partial charge on any atom is 0.267 e. The monoisotopic (exact) mass is 541 g/mol. The minimum absolute atomic E-state index is 0.237. The molecular formula is C34H25NO2P2. The number of nitrogens with zero attached hydrogens (tertiary/aromatic N) is 1. The predicted molar refractivity (Wildman–Crippen MR) is 164 cm³/mol. The van der Waals surface area contributed by atoms with E-state index in [2.05, 4.69) is 48.5 Å². The number of amides is 2. The van der Waals surface area contributed by atoms with Crippen LogP contribution in [0, 0.1) is 0 Å². The van der Waals surface area contributed by atoms with Crippen molar-refractivity contribution >= 4 is 54.6 Å².